The maximum Gasteiger partial charge on any atom is 0.0407 e. The van der Waals surface area contributed by atoms with Crippen LogP contribution in [0.25, 0.3) is 0 Å². The Balaban J connectivity index is 1.39. The van der Waals surface area contributed by atoms with Crippen LogP contribution < -0.4 is 5.32 Å². The van der Waals surface area contributed by atoms with Gasteiger partial charge >= 0.3 is 0 Å². The average molecular weight is 321 g/mol. The van der Waals surface area contributed by atoms with Crippen molar-refractivity contribution in [3.05, 3.63) is 64.5 Å². The Labute approximate surface area is 145 Å². The molecule has 1 atom stereocenters. The molecule has 2 aliphatic rings. The third-order valence-corrected chi connectivity index (χ3v) is 5.45. The molecule has 24 heavy (non-hydrogen) atoms. The first-order chi connectivity index (χ1) is 11.8. The summed E-state index contributed by atoms with van der Waals surface area (Å²) in [6.45, 7) is 6.68. The van der Waals surface area contributed by atoms with E-state index in [1.165, 1.54) is 47.3 Å². The van der Waals surface area contributed by atoms with Crippen LogP contribution in [-0.2, 0) is 25.9 Å². The van der Waals surface area contributed by atoms with Gasteiger partial charge in [-0.3, -0.25) is 9.88 Å². The first kappa shape index (κ1) is 15.8. The van der Waals surface area contributed by atoms with Gasteiger partial charge in [0.2, 0.25) is 0 Å². The van der Waals surface area contributed by atoms with Crippen LogP contribution >= 0.6 is 0 Å². The summed E-state index contributed by atoms with van der Waals surface area (Å²) in [6.07, 6.45) is 6.72. The Hall–Kier alpha value is -1.71. The van der Waals surface area contributed by atoms with Crippen molar-refractivity contribution in [2.24, 2.45) is 0 Å². The molecule has 1 unspecified atom stereocenters. The molecule has 3 heteroatoms. The van der Waals surface area contributed by atoms with Crippen LogP contribution in [0.1, 0.15) is 40.8 Å². The van der Waals surface area contributed by atoms with Crippen LogP contribution in [-0.4, -0.2) is 29.0 Å². The van der Waals surface area contributed by atoms with Crippen LogP contribution in [0, 0.1) is 6.92 Å². The molecule has 1 fully saturated rings. The maximum atomic E-state index is 4.52. The summed E-state index contributed by atoms with van der Waals surface area (Å²) in [4.78, 5) is 7.18. The molecule has 0 aliphatic carbocycles. The quantitative estimate of drug-likeness (QED) is 0.937. The monoisotopic (exact) mass is 321 g/mol. The van der Waals surface area contributed by atoms with Gasteiger partial charge in [0.05, 0.1) is 0 Å². The second-order valence-corrected chi connectivity index (χ2v) is 7.34. The van der Waals surface area contributed by atoms with E-state index in [4.69, 9.17) is 0 Å². The molecule has 0 bridgehead atoms. The smallest absolute Gasteiger partial charge is 0.0407 e. The zero-order valence-electron chi connectivity index (χ0n) is 14.6. The van der Waals surface area contributed by atoms with Crippen molar-refractivity contribution in [3.8, 4) is 0 Å². The number of fused-ring (bicyclic) bond motifs is 1. The van der Waals surface area contributed by atoms with Gasteiger partial charge in [-0.25, -0.2) is 0 Å². The number of pyridine rings is 1. The summed E-state index contributed by atoms with van der Waals surface area (Å²) in [5.74, 6) is 0. The Morgan fingerprint density at radius 2 is 2.04 bits per heavy atom. The fourth-order valence-corrected chi connectivity index (χ4v) is 3.95. The van der Waals surface area contributed by atoms with E-state index in [0.29, 0.717) is 6.04 Å². The van der Waals surface area contributed by atoms with Gasteiger partial charge in [0, 0.05) is 37.6 Å². The van der Waals surface area contributed by atoms with Crippen molar-refractivity contribution in [3.63, 3.8) is 0 Å². The summed E-state index contributed by atoms with van der Waals surface area (Å²) in [7, 11) is 0. The maximum absolute atomic E-state index is 4.52. The second-order valence-electron chi connectivity index (χ2n) is 7.34. The lowest BCUT2D eigenvalue weighted by molar-refractivity contribution is 0.167. The molecule has 0 amide bonds. The van der Waals surface area contributed by atoms with Crippen LogP contribution in [0.2, 0.25) is 0 Å². The Morgan fingerprint density at radius 1 is 1.12 bits per heavy atom. The molecule has 126 valence electrons. The highest BCUT2D eigenvalue weighted by atomic mass is 15.2. The van der Waals surface area contributed by atoms with E-state index in [1.54, 1.807) is 0 Å². The minimum Gasteiger partial charge on any atom is -0.315 e. The zero-order chi connectivity index (χ0) is 16.4. The highest BCUT2D eigenvalue weighted by Gasteiger charge is 2.26. The largest absolute Gasteiger partial charge is 0.315 e. The minimum atomic E-state index is 0.714. The molecule has 2 aliphatic heterocycles. The SMILES string of the molecule is Cc1ccc(CCc2ccc3c(c2)CN(C2CCCNC2)C3)nc1. The van der Waals surface area contributed by atoms with Gasteiger partial charge in [-0.2, -0.15) is 0 Å². The van der Waals surface area contributed by atoms with Crippen LogP contribution in [0.15, 0.2) is 36.5 Å². The Bertz CT molecular complexity index is 687. The highest BCUT2D eigenvalue weighted by molar-refractivity contribution is 5.35. The lowest BCUT2D eigenvalue weighted by Gasteiger charge is -2.31. The fourth-order valence-electron chi connectivity index (χ4n) is 3.95. The summed E-state index contributed by atoms with van der Waals surface area (Å²) in [5, 5.41) is 3.54. The highest BCUT2D eigenvalue weighted by Crippen LogP contribution is 2.27. The van der Waals surface area contributed by atoms with Crippen molar-refractivity contribution in [2.45, 2.75) is 51.7 Å². The van der Waals surface area contributed by atoms with Gasteiger partial charge in [-0.15, -0.1) is 0 Å². The first-order valence-corrected chi connectivity index (χ1v) is 9.25. The first-order valence-electron chi connectivity index (χ1n) is 9.25. The van der Waals surface area contributed by atoms with Crippen LogP contribution in [0.5, 0.6) is 0 Å². The van der Waals surface area contributed by atoms with E-state index >= 15 is 0 Å². The Kier molecular flexibility index (Phi) is 4.63. The van der Waals surface area contributed by atoms with Crippen molar-refractivity contribution in [2.75, 3.05) is 13.1 Å². The van der Waals surface area contributed by atoms with Gasteiger partial charge in [-0.05, 0) is 67.5 Å². The summed E-state index contributed by atoms with van der Waals surface area (Å²) >= 11 is 0. The number of nitrogens with zero attached hydrogens (tertiary/aromatic N) is 2. The molecule has 3 nitrogen and oxygen atoms in total. The van der Waals surface area contributed by atoms with Gasteiger partial charge in [0.25, 0.3) is 0 Å². The standard InChI is InChI=1S/C21H27N3/c1-16-4-8-20(23-12-16)9-6-17-5-7-18-14-24(15-19(18)11-17)21-3-2-10-22-13-21/h4-5,7-8,11-12,21-22H,2-3,6,9-10,13-15H2,1H3. The van der Waals surface area contributed by atoms with E-state index in [-0.39, 0.29) is 0 Å². The molecule has 1 aromatic carbocycles. The molecule has 0 saturated carbocycles. The third kappa shape index (κ3) is 3.52. The van der Waals surface area contributed by atoms with E-state index in [0.717, 1.165) is 32.5 Å². The molecule has 2 aromatic rings. The number of nitrogens with one attached hydrogen (secondary N) is 1. The number of hydrogen-bond donors (Lipinski definition) is 1. The second kappa shape index (κ2) is 7.04. The number of hydrogen-bond acceptors (Lipinski definition) is 3. The lowest BCUT2D eigenvalue weighted by atomic mass is 10.0. The zero-order valence-corrected chi connectivity index (χ0v) is 14.6. The van der Waals surface area contributed by atoms with E-state index < -0.39 is 0 Å². The average Bonchev–Trinajstić information content (AvgIpc) is 3.05. The molecule has 0 radical (unpaired) electrons. The fraction of sp³-hybridized carbons (Fsp3) is 0.476. The van der Waals surface area contributed by atoms with Gasteiger partial charge in [-0.1, -0.05) is 24.3 Å². The van der Waals surface area contributed by atoms with Crippen molar-refractivity contribution in [1.29, 1.82) is 0 Å². The topological polar surface area (TPSA) is 28.2 Å². The van der Waals surface area contributed by atoms with E-state index in [9.17, 15) is 0 Å². The van der Waals surface area contributed by atoms with Crippen LogP contribution in [0.3, 0.4) is 0 Å². The Morgan fingerprint density at radius 3 is 2.83 bits per heavy atom. The van der Waals surface area contributed by atoms with Gasteiger partial charge in [0.1, 0.15) is 0 Å². The number of aryl methyl sites for hydroxylation is 3. The van der Waals surface area contributed by atoms with E-state index in [1.807, 2.05) is 6.20 Å². The van der Waals surface area contributed by atoms with Crippen molar-refractivity contribution >= 4 is 0 Å². The summed E-state index contributed by atoms with van der Waals surface area (Å²) in [5.41, 5.74) is 6.93. The summed E-state index contributed by atoms with van der Waals surface area (Å²) < 4.78 is 0. The predicted molar refractivity (Wildman–Crippen MR) is 98.0 cm³/mol. The molecule has 1 aromatic heterocycles. The third-order valence-electron chi connectivity index (χ3n) is 5.45. The van der Waals surface area contributed by atoms with Crippen molar-refractivity contribution in [1.82, 2.24) is 15.2 Å². The summed E-state index contributed by atoms with van der Waals surface area (Å²) in [6, 6.07) is 12.1. The molecule has 1 N–H and O–H groups in total. The van der Waals surface area contributed by atoms with E-state index in [2.05, 4.69) is 52.5 Å². The lowest BCUT2D eigenvalue weighted by Crippen LogP contribution is -2.43. The minimum absolute atomic E-state index is 0.714. The van der Waals surface area contributed by atoms with Crippen molar-refractivity contribution < 1.29 is 0 Å². The number of aromatic nitrogens is 1. The molecule has 3 heterocycles. The van der Waals surface area contributed by atoms with Gasteiger partial charge < -0.3 is 5.32 Å². The molecular formula is C21H27N3. The number of benzene rings is 1. The molecular weight excluding hydrogens is 294 g/mol. The predicted octanol–water partition coefficient (Wildman–Crippen LogP) is 3.24. The van der Waals surface area contributed by atoms with Crippen LogP contribution in [0.4, 0.5) is 0 Å². The van der Waals surface area contributed by atoms with Gasteiger partial charge in [0.15, 0.2) is 0 Å². The normalized spacial score (nSPS) is 21.0. The number of piperidine rings is 1. The number of rotatable bonds is 4. The molecule has 4 rings (SSSR count). The molecule has 0 spiro atoms. The molecule has 1 saturated heterocycles.